The maximum Gasteiger partial charge on any atom is 0.263 e. The fraction of sp³-hybridized carbons (Fsp3) is 0.500. The zero-order chi connectivity index (χ0) is 32.7. The van der Waals surface area contributed by atoms with Crippen molar-refractivity contribution >= 4 is 27.7 Å². The molecule has 2 aromatic carbocycles. The number of rotatable bonds is 14. The van der Waals surface area contributed by atoms with E-state index in [-0.39, 0.29) is 40.4 Å². The van der Waals surface area contributed by atoms with Crippen molar-refractivity contribution in [2.75, 3.05) is 11.3 Å². The van der Waals surface area contributed by atoms with Gasteiger partial charge in [-0.2, -0.15) is 0 Å². The summed E-state index contributed by atoms with van der Waals surface area (Å²) < 4.78 is 35.5. The third-order valence-electron chi connectivity index (χ3n) is 7.64. The Kier molecular flexibility index (Phi) is 11.8. The lowest BCUT2D eigenvalue weighted by atomic mass is 9.92. The molecule has 2 N–H and O–H groups in total. The Morgan fingerprint density at radius 2 is 1.73 bits per heavy atom. The second kappa shape index (κ2) is 14.9. The van der Waals surface area contributed by atoms with Gasteiger partial charge in [0, 0.05) is 30.6 Å². The highest BCUT2D eigenvalue weighted by Crippen LogP contribution is 2.31. The van der Waals surface area contributed by atoms with Gasteiger partial charge in [-0.3, -0.25) is 14.3 Å². The van der Waals surface area contributed by atoms with Crippen molar-refractivity contribution in [3.63, 3.8) is 0 Å². The van der Waals surface area contributed by atoms with Crippen molar-refractivity contribution in [1.29, 1.82) is 0 Å². The molecule has 0 radical (unpaired) electrons. The molecule has 3 rings (SSSR count). The average Bonchev–Trinajstić information content (AvgIpc) is 3.26. The van der Waals surface area contributed by atoms with Crippen molar-refractivity contribution in [2.45, 2.75) is 98.6 Å². The van der Waals surface area contributed by atoms with E-state index in [9.17, 15) is 18.0 Å². The van der Waals surface area contributed by atoms with Crippen molar-refractivity contribution in [3.8, 4) is 11.1 Å². The molecule has 2 amide bonds. The largest absolute Gasteiger partial charge is 0.359 e. The van der Waals surface area contributed by atoms with Gasteiger partial charge in [0.25, 0.3) is 10.0 Å². The fourth-order valence-corrected chi connectivity index (χ4v) is 6.26. The summed E-state index contributed by atoms with van der Waals surface area (Å²) in [5.74, 6) is 0.125. The third kappa shape index (κ3) is 9.17. The molecular weight excluding hydrogens is 576 g/mol. The normalized spacial score (nSPS) is 12.7. The van der Waals surface area contributed by atoms with E-state index in [1.54, 1.807) is 30.9 Å². The van der Waals surface area contributed by atoms with Crippen LogP contribution in [0.3, 0.4) is 0 Å². The SMILES string of the molecule is CCCCC(=O)N(Cc1ccc(-c2ccccc2)c(S(=O)(=O)Nc2noc(C)c2C)c1)[C@H](C(=O)NCCC(C)(C)C)C(C)C. The zero-order valence-electron chi connectivity index (χ0n) is 27.4. The molecule has 0 aliphatic carbocycles. The average molecular weight is 625 g/mol. The van der Waals surface area contributed by atoms with E-state index in [2.05, 4.69) is 36.0 Å². The predicted molar refractivity (Wildman–Crippen MR) is 174 cm³/mol. The van der Waals surface area contributed by atoms with Crippen molar-refractivity contribution < 1.29 is 22.5 Å². The highest BCUT2D eigenvalue weighted by atomic mass is 32.2. The molecule has 3 aromatic rings. The van der Waals surface area contributed by atoms with Gasteiger partial charge in [0.1, 0.15) is 11.8 Å². The van der Waals surface area contributed by atoms with E-state index >= 15 is 0 Å². The van der Waals surface area contributed by atoms with Gasteiger partial charge in [-0.25, -0.2) is 8.42 Å². The quantitative estimate of drug-likeness (QED) is 0.202. The number of nitrogens with one attached hydrogen (secondary N) is 2. The van der Waals surface area contributed by atoms with Gasteiger partial charge in [-0.05, 0) is 55.2 Å². The molecule has 0 spiro atoms. The first kappa shape index (κ1) is 34.8. The van der Waals surface area contributed by atoms with Crippen LogP contribution >= 0.6 is 0 Å². The van der Waals surface area contributed by atoms with E-state index in [0.29, 0.717) is 41.8 Å². The Hall–Kier alpha value is -3.66. The van der Waals surface area contributed by atoms with Crippen molar-refractivity contribution in [1.82, 2.24) is 15.4 Å². The molecule has 44 heavy (non-hydrogen) atoms. The van der Waals surface area contributed by atoms with Crippen LogP contribution < -0.4 is 10.0 Å². The molecule has 240 valence electrons. The summed E-state index contributed by atoms with van der Waals surface area (Å²) >= 11 is 0. The van der Waals surface area contributed by atoms with E-state index < -0.39 is 16.1 Å². The second-order valence-electron chi connectivity index (χ2n) is 12.9. The molecule has 0 aliphatic rings. The lowest BCUT2D eigenvalue weighted by Gasteiger charge is -2.34. The highest BCUT2D eigenvalue weighted by molar-refractivity contribution is 7.92. The van der Waals surface area contributed by atoms with Crippen LogP contribution in [-0.2, 0) is 26.2 Å². The molecule has 9 nitrogen and oxygen atoms in total. The molecule has 0 aliphatic heterocycles. The number of sulfonamides is 1. The van der Waals surface area contributed by atoms with Gasteiger partial charge in [0.05, 0.1) is 4.90 Å². The van der Waals surface area contributed by atoms with E-state index in [0.717, 1.165) is 18.4 Å². The summed E-state index contributed by atoms with van der Waals surface area (Å²) in [6, 6.07) is 13.7. The first-order valence-corrected chi connectivity index (χ1v) is 16.8. The molecule has 1 atom stereocenters. The number of nitrogens with zero attached hydrogens (tertiary/aromatic N) is 2. The van der Waals surface area contributed by atoms with Crippen LogP contribution in [0.2, 0.25) is 0 Å². The summed E-state index contributed by atoms with van der Waals surface area (Å²) in [5, 5.41) is 6.93. The number of anilines is 1. The van der Waals surface area contributed by atoms with E-state index in [4.69, 9.17) is 4.52 Å². The first-order valence-electron chi connectivity index (χ1n) is 15.4. The molecule has 0 bridgehead atoms. The van der Waals surface area contributed by atoms with Crippen LogP contribution in [0.25, 0.3) is 11.1 Å². The van der Waals surface area contributed by atoms with E-state index in [1.807, 2.05) is 57.2 Å². The molecular formula is C34H48N4O5S. The van der Waals surface area contributed by atoms with E-state index in [1.165, 1.54) is 0 Å². The van der Waals surface area contributed by atoms with Gasteiger partial charge in [0.15, 0.2) is 5.82 Å². The number of carbonyl (C=O) groups is 2. The number of aryl methyl sites for hydroxylation is 1. The Bertz CT molecular complexity index is 1520. The van der Waals surface area contributed by atoms with Crippen LogP contribution in [0, 0.1) is 25.2 Å². The molecule has 0 saturated carbocycles. The summed E-state index contributed by atoms with van der Waals surface area (Å²) in [6.07, 6.45) is 2.63. The smallest absolute Gasteiger partial charge is 0.263 e. The molecule has 1 heterocycles. The number of carbonyl (C=O) groups excluding carboxylic acids is 2. The Morgan fingerprint density at radius 3 is 2.30 bits per heavy atom. The Morgan fingerprint density at radius 1 is 1.05 bits per heavy atom. The lowest BCUT2D eigenvalue weighted by Crippen LogP contribution is -2.52. The molecule has 10 heteroatoms. The molecule has 0 fully saturated rings. The van der Waals surface area contributed by atoms with Gasteiger partial charge in [-0.1, -0.05) is 95.6 Å². The Labute approximate surface area is 262 Å². The number of aromatic nitrogens is 1. The molecule has 0 unspecified atom stereocenters. The fourth-order valence-electron chi connectivity index (χ4n) is 4.92. The summed E-state index contributed by atoms with van der Waals surface area (Å²) in [7, 11) is -4.13. The minimum Gasteiger partial charge on any atom is -0.359 e. The van der Waals surface area contributed by atoms with Crippen LogP contribution in [0.4, 0.5) is 5.82 Å². The maximum absolute atomic E-state index is 13.9. The standard InChI is InChI=1S/C34H48N4O5S/c1-9-10-16-30(39)38(31(23(2)3)33(40)35-20-19-34(6,7)8)22-26-17-18-28(27-14-12-11-13-15-27)29(21-26)44(41,42)37-32-24(4)25(5)43-36-32/h11-15,17-18,21,23,31H,9-10,16,19-20,22H2,1-8H3,(H,35,40)(H,36,37)/t31-/m0/s1. The van der Waals surface area contributed by atoms with Gasteiger partial charge in [-0.15, -0.1) is 0 Å². The lowest BCUT2D eigenvalue weighted by molar-refractivity contribution is -0.143. The van der Waals surface area contributed by atoms with Crippen LogP contribution in [-0.4, -0.2) is 42.9 Å². The van der Waals surface area contributed by atoms with Crippen molar-refractivity contribution in [2.24, 2.45) is 11.3 Å². The molecule has 0 saturated heterocycles. The number of hydrogen-bond acceptors (Lipinski definition) is 6. The maximum atomic E-state index is 13.9. The van der Waals surface area contributed by atoms with Gasteiger partial charge < -0.3 is 14.7 Å². The molecule has 1 aromatic heterocycles. The third-order valence-corrected chi connectivity index (χ3v) is 9.01. The monoisotopic (exact) mass is 624 g/mol. The van der Waals surface area contributed by atoms with Crippen LogP contribution in [0.5, 0.6) is 0 Å². The van der Waals surface area contributed by atoms with Crippen molar-refractivity contribution in [3.05, 3.63) is 65.4 Å². The number of unbranched alkanes of at least 4 members (excludes halogenated alkanes) is 1. The minimum absolute atomic E-state index is 0.0398. The number of benzene rings is 2. The summed E-state index contributed by atoms with van der Waals surface area (Å²) in [4.78, 5) is 28.8. The Balaban J connectivity index is 2.06. The topological polar surface area (TPSA) is 122 Å². The van der Waals surface area contributed by atoms with Crippen LogP contribution in [0.1, 0.15) is 84.1 Å². The second-order valence-corrected chi connectivity index (χ2v) is 14.6. The first-order chi connectivity index (χ1) is 20.6. The zero-order valence-corrected chi connectivity index (χ0v) is 28.2. The predicted octanol–water partition coefficient (Wildman–Crippen LogP) is 6.86. The number of hydrogen-bond donors (Lipinski definition) is 2. The van der Waals surface area contributed by atoms with Gasteiger partial charge >= 0.3 is 0 Å². The minimum atomic E-state index is -4.13. The summed E-state index contributed by atoms with van der Waals surface area (Å²) in [5.41, 5.74) is 2.47. The highest BCUT2D eigenvalue weighted by Gasteiger charge is 2.33. The van der Waals surface area contributed by atoms with Gasteiger partial charge in [0.2, 0.25) is 11.8 Å². The number of amides is 2. The summed E-state index contributed by atoms with van der Waals surface area (Å²) in [6.45, 7) is 16.2. The van der Waals surface area contributed by atoms with Crippen LogP contribution in [0.15, 0.2) is 57.9 Å².